The number of benzene rings is 2. The van der Waals surface area contributed by atoms with Gasteiger partial charge >= 0.3 is 0 Å². The highest BCUT2D eigenvalue weighted by atomic mass is 32.1. The predicted molar refractivity (Wildman–Crippen MR) is 90.3 cm³/mol. The maximum atomic E-state index is 5.88. The summed E-state index contributed by atoms with van der Waals surface area (Å²) in [5, 5.41) is 0.555. The van der Waals surface area contributed by atoms with E-state index in [0.29, 0.717) is 5.13 Å². The van der Waals surface area contributed by atoms with Gasteiger partial charge in [0.15, 0.2) is 5.13 Å². The monoisotopic (exact) mass is 299 g/mol. The number of fused-ring (bicyclic) bond motifs is 1. The lowest BCUT2D eigenvalue weighted by atomic mass is 10.0. The van der Waals surface area contributed by atoms with Gasteiger partial charge in [0.25, 0.3) is 0 Å². The highest BCUT2D eigenvalue weighted by Gasteiger charge is 2.13. The van der Waals surface area contributed by atoms with Crippen molar-refractivity contribution < 1.29 is 4.74 Å². The molecule has 0 saturated heterocycles. The zero-order valence-corrected chi connectivity index (χ0v) is 13.1. The molecule has 0 atom stereocenters. The van der Waals surface area contributed by atoms with E-state index in [1.807, 2.05) is 20.2 Å². The van der Waals surface area contributed by atoms with E-state index in [1.165, 1.54) is 11.3 Å². The van der Waals surface area contributed by atoms with Gasteiger partial charge in [0.05, 0.1) is 11.8 Å². The summed E-state index contributed by atoms with van der Waals surface area (Å²) in [4.78, 5) is 6.48. The molecule has 2 N–H and O–H groups in total. The number of ether oxygens (including phenoxy) is 1. The van der Waals surface area contributed by atoms with E-state index in [4.69, 9.17) is 10.5 Å². The average Bonchev–Trinajstić information content (AvgIpc) is 2.87. The van der Waals surface area contributed by atoms with Crippen molar-refractivity contribution in [3.05, 3.63) is 36.4 Å². The third-order valence-electron chi connectivity index (χ3n) is 3.42. The highest BCUT2D eigenvalue weighted by molar-refractivity contribution is 7.22. The van der Waals surface area contributed by atoms with E-state index in [2.05, 4.69) is 40.2 Å². The van der Waals surface area contributed by atoms with E-state index in [9.17, 15) is 0 Å². The zero-order chi connectivity index (χ0) is 15.0. The largest absolute Gasteiger partial charge is 0.494 e. The second kappa shape index (κ2) is 5.26. The van der Waals surface area contributed by atoms with Crippen molar-refractivity contribution in [1.29, 1.82) is 0 Å². The Hall–Kier alpha value is -2.27. The number of aromatic nitrogens is 1. The second-order valence-corrected chi connectivity index (χ2v) is 6.02. The van der Waals surface area contributed by atoms with Gasteiger partial charge in [-0.1, -0.05) is 23.5 Å². The summed E-state index contributed by atoms with van der Waals surface area (Å²) in [5.74, 6) is 0.755. The zero-order valence-electron chi connectivity index (χ0n) is 12.3. The van der Waals surface area contributed by atoms with Crippen LogP contribution in [0.4, 0.5) is 10.8 Å². The van der Waals surface area contributed by atoms with Gasteiger partial charge in [-0.2, -0.15) is 0 Å². The molecule has 0 radical (unpaired) electrons. The lowest BCUT2D eigenvalue weighted by Gasteiger charge is -2.14. The average molecular weight is 299 g/mol. The molecule has 0 aliphatic rings. The number of thiazole rings is 1. The van der Waals surface area contributed by atoms with Crippen LogP contribution in [-0.2, 0) is 0 Å². The molecule has 0 bridgehead atoms. The molecule has 0 saturated carbocycles. The Bertz CT molecular complexity index is 795. The summed E-state index contributed by atoms with van der Waals surface area (Å²) >= 11 is 1.49. The van der Waals surface area contributed by atoms with Crippen LogP contribution < -0.4 is 15.4 Å². The molecule has 108 valence electrons. The molecule has 3 aromatic rings. The van der Waals surface area contributed by atoms with Crippen LogP contribution >= 0.6 is 11.3 Å². The SMILES string of the molecule is COc1ccc(-c2cccc(N(C)C)c2)c2sc(N)nc12. The van der Waals surface area contributed by atoms with Crippen molar-refractivity contribution in [2.24, 2.45) is 0 Å². The summed E-state index contributed by atoms with van der Waals surface area (Å²) < 4.78 is 6.43. The smallest absolute Gasteiger partial charge is 0.181 e. The topological polar surface area (TPSA) is 51.4 Å². The molecule has 21 heavy (non-hydrogen) atoms. The normalized spacial score (nSPS) is 10.8. The van der Waals surface area contributed by atoms with Crippen molar-refractivity contribution in [2.75, 3.05) is 31.8 Å². The number of anilines is 2. The molecule has 0 fully saturated rings. The number of nitrogens with two attached hydrogens (primary N) is 1. The Morgan fingerprint density at radius 1 is 1.19 bits per heavy atom. The molecule has 0 unspecified atom stereocenters. The predicted octanol–water partition coefficient (Wildman–Crippen LogP) is 3.62. The second-order valence-electron chi connectivity index (χ2n) is 4.99. The Morgan fingerprint density at radius 3 is 2.71 bits per heavy atom. The van der Waals surface area contributed by atoms with E-state index in [1.54, 1.807) is 7.11 Å². The van der Waals surface area contributed by atoms with Gasteiger partial charge in [0.2, 0.25) is 0 Å². The van der Waals surface area contributed by atoms with Crippen molar-refractivity contribution in [1.82, 2.24) is 4.98 Å². The molecule has 3 rings (SSSR count). The van der Waals surface area contributed by atoms with Crippen LogP contribution in [0.3, 0.4) is 0 Å². The Balaban J connectivity index is 2.23. The number of methoxy groups -OCH3 is 1. The number of hydrogen-bond donors (Lipinski definition) is 1. The fourth-order valence-electron chi connectivity index (χ4n) is 2.34. The van der Waals surface area contributed by atoms with Crippen LogP contribution in [0.2, 0.25) is 0 Å². The number of nitrogens with zero attached hydrogens (tertiary/aromatic N) is 2. The van der Waals surface area contributed by atoms with Crippen molar-refractivity contribution in [3.8, 4) is 16.9 Å². The molecular formula is C16H17N3OS. The summed E-state index contributed by atoms with van der Waals surface area (Å²) in [7, 11) is 5.72. The van der Waals surface area contributed by atoms with Crippen molar-refractivity contribution in [2.45, 2.75) is 0 Å². The van der Waals surface area contributed by atoms with E-state index >= 15 is 0 Å². The Morgan fingerprint density at radius 2 is 2.00 bits per heavy atom. The first-order valence-corrected chi connectivity index (χ1v) is 7.42. The van der Waals surface area contributed by atoms with Crippen LogP contribution in [0.1, 0.15) is 0 Å². The molecule has 0 spiro atoms. The van der Waals surface area contributed by atoms with Gasteiger partial charge < -0.3 is 15.4 Å². The highest BCUT2D eigenvalue weighted by Crippen LogP contribution is 2.39. The van der Waals surface area contributed by atoms with Gasteiger partial charge in [-0.15, -0.1) is 0 Å². The molecule has 0 aliphatic heterocycles. The molecule has 2 aromatic carbocycles. The van der Waals surface area contributed by atoms with E-state index in [0.717, 1.165) is 32.8 Å². The fourth-order valence-corrected chi connectivity index (χ4v) is 3.23. The molecular weight excluding hydrogens is 282 g/mol. The molecule has 1 aromatic heterocycles. The molecule has 0 aliphatic carbocycles. The quantitative estimate of drug-likeness (QED) is 0.802. The van der Waals surface area contributed by atoms with Gasteiger partial charge in [-0.25, -0.2) is 4.98 Å². The van der Waals surface area contributed by atoms with Crippen LogP contribution in [0.15, 0.2) is 36.4 Å². The van der Waals surface area contributed by atoms with Crippen LogP contribution in [-0.4, -0.2) is 26.2 Å². The molecule has 4 nitrogen and oxygen atoms in total. The van der Waals surface area contributed by atoms with Crippen LogP contribution in [0, 0.1) is 0 Å². The van der Waals surface area contributed by atoms with Gasteiger partial charge in [0, 0.05) is 25.3 Å². The maximum Gasteiger partial charge on any atom is 0.181 e. The number of rotatable bonds is 3. The van der Waals surface area contributed by atoms with Crippen LogP contribution in [0.25, 0.3) is 21.3 Å². The molecule has 1 heterocycles. The Labute approximate surface area is 127 Å². The first-order chi connectivity index (χ1) is 10.1. The first kappa shape index (κ1) is 13.7. The van der Waals surface area contributed by atoms with Gasteiger partial charge in [-0.3, -0.25) is 0 Å². The third kappa shape index (κ3) is 2.40. The molecule has 0 amide bonds. The summed E-state index contributed by atoms with van der Waals surface area (Å²) in [6.07, 6.45) is 0. The van der Waals surface area contributed by atoms with E-state index in [-0.39, 0.29) is 0 Å². The van der Waals surface area contributed by atoms with Crippen molar-refractivity contribution in [3.63, 3.8) is 0 Å². The lowest BCUT2D eigenvalue weighted by Crippen LogP contribution is -2.08. The standard InChI is InChI=1S/C16H17N3OS/c1-19(2)11-6-4-5-10(9-11)12-7-8-13(20-3)14-15(12)21-16(17)18-14/h4-9H,1-3H3,(H2,17,18). The number of nitrogen functional groups attached to an aromatic ring is 1. The third-order valence-corrected chi connectivity index (χ3v) is 4.33. The summed E-state index contributed by atoms with van der Waals surface area (Å²) in [5.41, 5.74) is 10.1. The van der Waals surface area contributed by atoms with E-state index < -0.39 is 0 Å². The summed E-state index contributed by atoms with van der Waals surface area (Å²) in [6, 6.07) is 12.4. The summed E-state index contributed by atoms with van der Waals surface area (Å²) in [6.45, 7) is 0. The first-order valence-electron chi connectivity index (χ1n) is 6.61. The minimum Gasteiger partial charge on any atom is -0.494 e. The maximum absolute atomic E-state index is 5.88. The number of hydrogen-bond acceptors (Lipinski definition) is 5. The Kier molecular flexibility index (Phi) is 3.43. The fraction of sp³-hybridized carbons (Fsp3) is 0.188. The minimum absolute atomic E-state index is 0.555. The molecule has 5 heteroatoms. The van der Waals surface area contributed by atoms with Gasteiger partial charge in [0.1, 0.15) is 11.3 Å². The van der Waals surface area contributed by atoms with Gasteiger partial charge in [-0.05, 0) is 29.8 Å². The minimum atomic E-state index is 0.555. The van der Waals surface area contributed by atoms with Crippen molar-refractivity contribution >= 4 is 32.4 Å². The lowest BCUT2D eigenvalue weighted by molar-refractivity contribution is 0.419. The van der Waals surface area contributed by atoms with Crippen LogP contribution in [0.5, 0.6) is 5.75 Å².